The van der Waals surface area contributed by atoms with Crippen LogP contribution in [0.5, 0.6) is 0 Å². The molecule has 5 aromatic rings. The molecule has 0 amide bonds. The molecule has 0 aliphatic carbocycles. The molecule has 0 saturated heterocycles. The van der Waals surface area contributed by atoms with Crippen LogP contribution in [0.4, 0.5) is 5.69 Å². The van der Waals surface area contributed by atoms with Gasteiger partial charge < -0.3 is 0 Å². The lowest BCUT2D eigenvalue weighted by molar-refractivity contribution is 0.100. The second kappa shape index (κ2) is 8.37. The van der Waals surface area contributed by atoms with Gasteiger partial charge in [0.15, 0.2) is 11.6 Å². The number of rotatable bonds is 4. The normalized spacial score (nSPS) is 11.8. The molecule has 7 heteroatoms. The number of fused-ring (bicyclic) bond motifs is 3. The van der Waals surface area contributed by atoms with Crippen LogP contribution in [0.2, 0.25) is 0 Å². The maximum Gasteiger partial charge on any atom is 0.341 e. The predicted molar refractivity (Wildman–Crippen MR) is 130 cm³/mol. The average Bonchev–Trinajstić information content (AvgIpc) is 3.01. The fraction of sp³-hybridized carbons (Fsp3) is 0.0741. The Kier molecular flexibility index (Phi) is 5.22. The van der Waals surface area contributed by atoms with E-state index in [0.29, 0.717) is 28.1 Å². The number of hydrogen-bond acceptors (Lipinski definition) is 5. The lowest BCUT2D eigenvalue weighted by Gasteiger charge is -2.08. The van der Waals surface area contributed by atoms with Crippen LogP contribution in [-0.2, 0) is 0 Å². The molecule has 0 unspecified atom stereocenters. The highest BCUT2D eigenvalue weighted by atomic mass is 16.1. The Morgan fingerprint density at radius 1 is 0.794 bits per heavy atom. The summed E-state index contributed by atoms with van der Waals surface area (Å²) < 4.78 is 2.97. The molecule has 0 radical (unpaired) electrons. The number of benzene rings is 2. The van der Waals surface area contributed by atoms with Crippen molar-refractivity contribution in [2.45, 2.75) is 13.8 Å². The zero-order chi connectivity index (χ0) is 23.8. The van der Waals surface area contributed by atoms with Gasteiger partial charge in [0.05, 0.1) is 16.9 Å². The molecule has 0 atom stereocenters. The summed E-state index contributed by atoms with van der Waals surface area (Å²) in [5.41, 5.74) is 3.26. The molecule has 2 aromatic heterocycles. The summed E-state index contributed by atoms with van der Waals surface area (Å²) in [5.74, 6) is -0.103. The Morgan fingerprint density at radius 3 is 2.06 bits per heavy atom. The van der Waals surface area contributed by atoms with Crippen LogP contribution in [0.3, 0.4) is 0 Å². The smallest absolute Gasteiger partial charge is 0.295 e. The average molecular weight is 448 g/mol. The lowest BCUT2D eigenvalue weighted by atomic mass is 10.1. The van der Waals surface area contributed by atoms with Gasteiger partial charge >= 0.3 is 5.69 Å². The van der Waals surface area contributed by atoms with Crippen molar-refractivity contribution in [1.29, 1.82) is 0 Å². The third kappa shape index (κ3) is 3.73. The Morgan fingerprint density at radius 2 is 1.41 bits per heavy atom. The number of ketones is 2. The molecule has 0 saturated carbocycles. The molecule has 0 bridgehead atoms. The standard InChI is InChI=1S/C27H20N4O3/c1-17(32)19-8-12-22(13-9-19)28-26-29-25-16-21-6-4-3-5-7-24(21)31(25)27(34)30(26)23-14-10-20(11-15-23)18(2)33/h3-16H,1-2H3. The maximum absolute atomic E-state index is 13.8. The van der Waals surface area contributed by atoms with E-state index in [1.807, 2.05) is 36.4 Å². The van der Waals surface area contributed by atoms with E-state index in [4.69, 9.17) is 4.98 Å². The van der Waals surface area contributed by atoms with Gasteiger partial charge in [-0.15, -0.1) is 0 Å². The van der Waals surface area contributed by atoms with Crippen molar-refractivity contribution in [3.63, 3.8) is 0 Å². The molecule has 0 aliphatic rings. The topological polar surface area (TPSA) is 85.8 Å². The summed E-state index contributed by atoms with van der Waals surface area (Å²) in [6.45, 7) is 2.99. The largest absolute Gasteiger partial charge is 0.341 e. The van der Waals surface area contributed by atoms with Crippen molar-refractivity contribution < 1.29 is 9.59 Å². The molecule has 5 rings (SSSR count). The van der Waals surface area contributed by atoms with E-state index in [1.165, 1.54) is 18.4 Å². The van der Waals surface area contributed by atoms with Crippen molar-refractivity contribution in [2.24, 2.45) is 4.99 Å². The summed E-state index contributed by atoms with van der Waals surface area (Å²) in [6, 6.07) is 24.9. The van der Waals surface area contributed by atoms with Crippen molar-refractivity contribution >= 4 is 33.8 Å². The predicted octanol–water partition coefficient (Wildman–Crippen LogP) is 4.28. The summed E-state index contributed by atoms with van der Waals surface area (Å²) in [7, 11) is 0. The fourth-order valence-electron chi connectivity index (χ4n) is 3.86. The Bertz CT molecular complexity index is 1710. The Hall–Kier alpha value is -4.65. The first-order chi connectivity index (χ1) is 16.4. The SMILES string of the molecule is CC(=O)c1ccc(N=c2nc3cc4cccccc4n3c(=O)n2-c2ccc(C(C)=O)cc2)cc1. The quantitative estimate of drug-likeness (QED) is 0.384. The van der Waals surface area contributed by atoms with Crippen LogP contribution in [0.15, 0.2) is 94.7 Å². The minimum Gasteiger partial charge on any atom is -0.295 e. The van der Waals surface area contributed by atoms with Crippen LogP contribution in [0.1, 0.15) is 34.6 Å². The van der Waals surface area contributed by atoms with Gasteiger partial charge in [-0.05, 0) is 74.5 Å². The molecule has 0 fully saturated rings. The van der Waals surface area contributed by atoms with Gasteiger partial charge in [-0.2, -0.15) is 4.98 Å². The Labute approximate surface area is 194 Å². The number of aromatic nitrogens is 3. The van der Waals surface area contributed by atoms with Gasteiger partial charge in [0, 0.05) is 16.5 Å². The first kappa shape index (κ1) is 21.2. The third-order valence-electron chi connectivity index (χ3n) is 5.63. The summed E-state index contributed by atoms with van der Waals surface area (Å²) >= 11 is 0. The molecular formula is C27H20N4O3. The molecule has 2 heterocycles. The highest BCUT2D eigenvalue weighted by Crippen LogP contribution is 2.17. The highest BCUT2D eigenvalue weighted by Gasteiger charge is 2.13. The zero-order valence-electron chi connectivity index (χ0n) is 18.6. The van der Waals surface area contributed by atoms with E-state index in [2.05, 4.69) is 4.99 Å². The van der Waals surface area contributed by atoms with Gasteiger partial charge in [0.2, 0.25) is 5.62 Å². The summed E-state index contributed by atoms with van der Waals surface area (Å²) in [4.78, 5) is 46.5. The summed E-state index contributed by atoms with van der Waals surface area (Å²) in [5, 5.41) is 0.871. The van der Waals surface area contributed by atoms with Crippen molar-refractivity contribution in [3.8, 4) is 5.69 Å². The van der Waals surface area contributed by atoms with Crippen LogP contribution in [0.25, 0.3) is 22.2 Å². The Balaban J connectivity index is 1.83. The number of hydrogen-bond donors (Lipinski definition) is 0. The van der Waals surface area contributed by atoms with Crippen LogP contribution >= 0.6 is 0 Å². The first-order valence-electron chi connectivity index (χ1n) is 10.7. The van der Waals surface area contributed by atoms with E-state index >= 15 is 0 Å². The third-order valence-corrected chi connectivity index (χ3v) is 5.63. The van der Waals surface area contributed by atoms with Gasteiger partial charge in [-0.1, -0.05) is 24.3 Å². The number of Topliss-reactive ketones (excluding diaryl/α,β-unsaturated/α-hetero) is 2. The van der Waals surface area contributed by atoms with Crippen LogP contribution in [-0.4, -0.2) is 25.5 Å². The van der Waals surface area contributed by atoms with E-state index in [0.717, 1.165) is 10.9 Å². The molecule has 166 valence electrons. The van der Waals surface area contributed by atoms with Gasteiger partial charge in [0.1, 0.15) is 5.65 Å². The molecule has 7 nitrogen and oxygen atoms in total. The van der Waals surface area contributed by atoms with E-state index in [1.54, 1.807) is 52.9 Å². The second-order valence-corrected chi connectivity index (χ2v) is 7.94. The van der Waals surface area contributed by atoms with Gasteiger partial charge in [0.25, 0.3) is 0 Å². The fourth-order valence-corrected chi connectivity index (χ4v) is 3.86. The molecule has 3 aromatic carbocycles. The summed E-state index contributed by atoms with van der Waals surface area (Å²) in [6.07, 6.45) is 0. The molecular weight excluding hydrogens is 428 g/mol. The number of carbonyl (C=O) groups is 2. The first-order valence-corrected chi connectivity index (χ1v) is 10.7. The zero-order valence-corrected chi connectivity index (χ0v) is 18.6. The molecule has 0 N–H and O–H groups in total. The van der Waals surface area contributed by atoms with E-state index < -0.39 is 0 Å². The van der Waals surface area contributed by atoms with Crippen molar-refractivity contribution in [2.75, 3.05) is 0 Å². The van der Waals surface area contributed by atoms with E-state index in [9.17, 15) is 14.4 Å². The minimum atomic E-state index is -0.333. The number of nitrogens with zero attached hydrogens (tertiary/aromatic N) is 4. The lowest BCUT2D eigenvalue weighted by Crippen LogP contribution is -2.38. The monoisotopic (exact) mass is 448 g/mol. The van der Waals surface area contributed by atoms with Crippen molar-refractivity contribution in [3.05, 3.63) is 112 Å². The maximum atomic E-state index is 13.8. The molecule has 0 spiro atoms. The van der Waals surface area contributed by atoms with Gasteiger partial charge in [-0.3, -0.25) is 9.59 Å². The van der Waals surface area contributed by atoms with Crippen LogP contribution < -0.4 is 11.3 Å². The van der Waals surface area contributed by atoms with Crippen molar-refractivity contribution in [1.82, 2.24) is 14.0 Å². The minimum absolute atomic E-state index is 0.0402. The molecule has 34 heavy (non-hydrogen) atoms. The second-order valence-electron chi connectivity index (χ2n) is 7.94. The highest BCUT2D eigenvalue weighted by molar-refractivity contribution is 5.94. The van der Waals surface area contributed by atoms with Crippen LogP contribution in [0, 0.1) is 0 Å². The number of carbonyl (C=O) groups excluding carboxylic acids is 2. The van der Waals surface area contributed by atoms with Gasteiger partial charge in [-0.25, -0.2) is 18.8 Å². The van der Waals surface area contributed by atoms with E-state index in [-0.39, 0.29) is 22.9 Å². The molecule has 0 aliphatic heterocycles.